The summed E-state index contributed by atoms with van der Waals surface area (Å²) in [6.45, 7) is 17.3. The zero-order valence-electron chi connectivity index (χ0n) is 21.2. The number of alkyl halides is 3. The summed E-state index contributed by atoms with van der Waals surface area (Å²) in [5, 5.41) is 0. The van der Waals surface area contributed by atoms with Gasteiger partial charge >= 0.3 is 30.1 Å². The first-order valence-electron chi connectivity index (χ1n) is 10.9. The average Bonchev–Trinajstić information content (AvgIpc) is 2.83. The molecule has 0 aromatic heterocycles. The third-order valence-corrected chi connectivity index (χ3v) is 4.66. The molecular formula is C28H23F3O8. The Labute approximate surface area is 221 Å². The summed E-state index contributed by atoms with van der Waals surface area (Å²) >= 11 is 0. The van der Waals surface area contributed by atoms with Crippen molar-refractivity contribution in [1.29, 1.82) is 0 Å². The average molecular weight is 544 g/mol. The fourth-order valence-corrected chi connectivity index (χ4v) is 2.57. The van der Waals surface area contributed by atoms with E-state index in [1.54, 1.807) is 0 Å². The lowest BCUT2D eigenvalue weighted by Gasteiger charge is -2.16. The van der Waals surface area contributed by atoms with Crippen molar-refractivity contribution in [2.75, 3.05) is 0 Å². The first-order chi connectivity index (χ1) is 18.0. The highest BCUT2D eigenvalue weighted by Gasteiger charge is 2.38. The maximum absolute atomic E-state index is 12.8. The van der Waals surface area contributed by atoms with Crippen LogP contribution in [0.15, 0.2) is 85.0 Å². The molecule has 39 heavy (non-hydrogen) atoms. The van der Waals surface area contributed by atoms with Crippen molar-refractivity contribution < 1.29 is 51.3 Å². The van der Waals surface area contributed by atoms with Gasteiger partial charge in [-0.3, -0.25) is 0 Å². The van der Waals surface area contributed by atoms with E-state index in [2.05, 4.69) is 26.3 Å². The number of hydrogen-bond donors (Lipinski definition) is 0. The molecule has 0 radical (unpaired) electrons. The maximum atomic E-state index is 12.8. The molecule has 0 heterocycles. The molecule has 2 aromatic carbocycles. The first-order valence-corrected chi connectivity index (χ1v) is 10.9. The molecule has 0 atom stereocenters. The van der Waals surface area contributed by atoms with Crippen molar-refractivity contribution in [3.8, 4) is 34.1 Å². The quantitative estimate of drug-likeness (QED) is 0.221. The zero-order valence-corrected chi connectivity index (χ0v) is 21.2. The van der Waals surface area contributed by atoms with Crippen molar-refractivity contribution in [1.82, 2.24) is 0 Å². The van der Waals surface area contributed by atoms with Crippen LogP contribution in [0.1, 0.15) is 20.8 Å². The van der Waals surface area contributed by atoms with Crippen LogP contribution in [-0.2, 0) is 19.2 Å². The predicted octanol–water partition coefficient (Wildman–Crippen LogP) is 5.82. The maximum Gasteiger partial charge on any atom is 0.422 e. The number of halogens is 3. The molecule has 2 aromatic rings. The van der Waals surface area contributed by atoms with E-state index in [-0.39, 0.29) is 50.8 Å². The molecule has 0 aliphatic carbocycles. The van der Waals surface area contributed by atoms with Gasteiger partial charge in [0, 0.05) is 28.3 Å². The van der Waals surface area contributed by atoms with Gasteiger partial charge in [0.1, 0.15) is 17.1 Å². The second-order valence-corrected chi connectivity index (χ2v) is 8.19. The minimum absolute atomic E-state index is 0.00747. The summed E-state index contributed by atoms with van der Waals surface area (Å²) in [5.41, 5.74) is -1.23. The van der Waals surface area contributed by atoms with Gasteiger partial charge < -0.3 is 18.9 Å². The highest BCUT2D eigenvalue weighted by Crippen LogP contribution is 2.39. The highest BCUT2D eigenvalue weighted by molar-refractivity contribution is 5.93. The van der Waals surface area contributed by atoms with E-state index in [1.807, 2.05) is 0 Å². The Hall–Kier alpha value is -4.93. The Morgan fingerprint density at radius 3 is 1.59 bits per heavy atom. The van der Waals surface area contributed by atoms with Crippen LogP contribution in [0.2, 0.25) is 0 Å². The Morgan fingerprint density at radius 2 is 1.10 bits per heavy atom. The van der Waals surface area contributed by atoms with Gasteiger partial charge in [-0.2, -0.15) is 13.2 Å². The number of carbonyl (C=O) groups is 4. The molecule has 0 bridgehead atoms. The molecule has 11 heteroatoms. The Bertz CT molecular complexity index is 1420. The van der Waals surface area contributed by atoms with Gasteiger partial charge in [0.15, 0.2) is 11.5 Å². The largest absolute Gasteiger partial charge is 0.423 e. The normalized spacial score (nSPS) is 10.6. The van der Waals surface area contributed by atoms with Crippen molar-refractivity contribution in [3.05, 3.63) is 85.0 Å². The number of rotatable bonds is 9. The van der Waals surface area contributed by atoms with E-state index in [1.165, 1.54) is 45.0 Å². The molecule has 0 spiro atoms. The molecule has 204 valence electrons. The van der Waals surface area contributed by atoms with Gasteiger partial charge in [-0.05, 0) is 50.6 Å². The number of hydrogen-bond acceptors (Lipinski definition) is 8. The van der Waals surface area contributed by atoms with Gasteiger partial charge in [0.2, 0.25) is 0 Å². The summed E-state index contributed by atoms with van der Waals surface area (Å²) < 4.78 is 59.0. The van der Waals surface area contributed by atoms with Crippen molar-refractivity contribution >= 4 is 23.9 Å². The molecule has 2 rings (SSSR count). The SMILES string of the molecule is C=C(C)C(=O)Oc1ccc(-c2ccc(OC(=O)C(=C)C(F)(F)F)cc2OC(=O)C(=C)C)cc1OC(=O)C(=C)C. The van der Waals surface area contributed by atoms with Crippen LogP contribution in [0.3, 0.4) is 0 Å². The fraction of sp³-hybridized carbons (Fsp3) is 0.143. The van der Waals surface area contributed by atoms with Crippen LogP contribution in [0.4, 0.5) is 13.2 Å². The lowest BCUT2D eigenvalue weighted by Crippen LogP contribution is -2.23. The number of benzene rings is 2. The van der Waals surface area contributed by atoms with Crippen LogP contribution < -0.4 is 18.9 Å². The summed E-state index contributed by atoms with van der Waals surface area (Å²) in [6, 6.07) is 7.42. The van der Waals surface area contributed by atoms with Crippen LogP contribution in [0.5, 0.6) is 23.0 Å². The van der Waals surface area contributed by atoms with Gasteiger partial charge in [0.25, 0.3) is 0 Å². The van der Waals surface area contributed by atoms with E-state index < -0.39 is 35.6 Å². The van der Waals surface area contributed by atoms with E-state index in [0.717, 1.165) is 12.1 Å². The van der Waals surface area contributed by atoms with Crippen LogP contribution >= 0.6 is 0 Å². The van der Waals surface area contributed by atoms with Gasteiger partial charge in [0.05, 0.1) is 0 Å². The standard InChI is InChI=1S/C28H23F3O8/c1-14(2)24(32)37-21-11-8-18(12-23(21)39-26(34)16(5)6)20-10-9-19(13-22(20)38-25(33)15(3)4)36-27(35)17(7)28(29,30)31/h8-13H,1,3,5,7H2,2,4,6H3. The second-order valence-electron chi connectivity index (χ2n) is 8.19. The van der Waals surface area contributed by atoms with Crippen LogP contribution in [-0.4, -0.2) is 30.1 Å². The smallest absolute Gasteiger partial charge is 0.422 e. The predicted molar refractivity (Wildman–Crippen MR) is 134 cm³/mol. The fourth-order valence-electron chi connectivity index (χ4n) is 2.57. The number of ether oxygens (including phenoxy) is 4. The third-order valence-electron chi connectivity index (χ3n) is 4.66. The summed E-state index contributed by atoms with van der Waals surface area (Å²) in [4.78, 5) is 48.4. The molecule has 8 nitrogen and oxygen atoms in total. The molecule has 0 saturated carbocycles. The molecule has 0 N–H and O–H groups in total. The van der Waals surface area contributed by atoms with Crippen molar-refractivity contribution in [2.45, 2.75) is 26.9 Å². The summed E-state index contributed by atoms with van der Waals surface area (Å²) in [5.74, 6) is -5.25. The molecule has 0 amide bonds. The lowest BCUT2D eigenvalue weighted by atomic mass is 10.0. The van der Waals surface area contributed by atoms with Crippen molar-refractivity contribution in [3.63, 3.8) is 0 Å². The van der Waals surface area contributed by atoms with Crippen molar-refractivity contribution in [2.24, 2.45) is 0 Å². The second kappa shape index (κ2) is 12.1. The van der Waals surface area contributed by atoms with Gasteiger partial charge in [-0.1, -0.05) is 32.4 Å². The molecule has 0 aliphatic rings. The zero-order chi connectivity index (χ0) is 29.7. The van der Waals surface area contributed by atoms with E-state index in [0.29, 0.717) is 0 Å². The van der Waals surface area contributed by atoms with Crippen LogP contribution in [0, 0.1) is 0 Å². The monoisotopic (exact) mass is 544 g/mol. The Morgan fingerprint density at radius 1 is 0.615 bits per heavy atom. The molecule has 0 aliphatic heterocycles. The number of esters is 4. The summed E-state index contributed by atoms with van der Waals surface area (Å²) in [6.07, 6.45) is -5.01. The van der Waals surface area contributed by atoms with Gasteiger partial charge in [-0.25, -0.2) is 19.2 Å². The van der Waals surface area contributed by atoms with Crippen LogP contribution in [0.25, 0.3) is 11.1 Å². The minimum Gasteiger partial charge on any atom is -0.423 e. The van der Waals surface area contributed by atoms with E-state index in [4.69, 9.17) is 18.9 Å². The number of carbonyl (C=O) groups excluding carboxylic acids is 4. The topological polar surface area (TPSA) is 105 Å². The highest BCUT2D eigenvalue weighted by atomic mass is 19.4. The molecule has 0 unspecified atom stereocenters. The van der Waals surface area contributed by atoms with E-state index in [9.17, 15) is 32.3 Å². The van der Waals surface area contributed by atoms with Gasteiger partial charge in [-0.15, -0.1) is 0 Å². The lowest BCUT2D eigenvalue weighted by molar-refractivity contribution is -0.142. The summed E-state index contributed by atoms with van der Waals surface area (Å²) in [7, 11) is 0. The molecule has 0 saturated heterocycles. The third kappa shape index (κ3) is 8.03. The first kappa shape index (κ1) is 30.3. The Kier molecular flexibility index (Phi) is 9.38. The van der Waals surface area contributed by atoms with E-state index >= 15 is 0 Å². The Balaban J connectivity index is 2.61. The molecular weight excluding hydrogens is 521 g/mol. The minimum atomic E-state index is -5.01. The molecule has 0 fully saturated rings.